The molecule has 4 atom stereocenters. The van der Waals surface area contributed by atoms with Crippen molar-refractivity contribution in [3.63, 3.8) is 0 Å². The molecule has 1 saturated heterocycles. The zero-order valence-electron chi connectivity index (χ0n) is 18.8. The topological polar surface area (TPSA) is 49.4 Å². The van der Waals surface area contributed by atoms with Crippen LogP contribution < -0.4 is 5.32 Å². The highest BCUT2D eigenvalue weighted by molar-refractivity contribution is 5.79. The maximum atomic E-state index is 12.7. The molecule has 0 aromatic heterocycles. The third-order valence-electron chi connectivity index (χ3n) is 6.33. The van der Waals surface area contributed by atoms with Crippen molar-refractivity contribution in [3.8, 4) is 0 Å². The normalized spacial score (nSPS) is 19.6. The van der Waals surface area contributed by atoms with Crippen molar-refractivity contribution >= 4 is 11.8 Å². The number of amides is 2. The molecule has 2 amide bonds. The molecule has 0 bridgehead atoms. The van der Waals surface area contributed by atoms with E-state index < -0.39 is 0 Å². The van der Waals surface area contributed by atoms with E-state index in [0.717, 1.165) is 45.1 Å². The van der Waals surface area contributed by atoms with Crippen molar-refractivity contribution in [2.75, 3.05) is 6.54 Å². The fraction of sp³-hybridized carbons (Fsp3) is 0.680. The molecule has 162 valence electrons. The predicted octanol–water partition coefficient (Wildman–Crippen LogP) is 4.97. The lowest BCUT2D eigenvalue weighted by atomic mass is 9.97. The van der Waals surface area contributed by atoms with E-state index in [4.69, 9.17) is 0 Å². The molecule has 1 aliphatic heterocycles. The van der Waals surface area contributed by atoms with Crippen LogP contribution in [0.2, 0.25) is 0 Å². The standard InChI is InChI=1S/C25H40N2O2/c1-5-19(2)11-9-15-24(28)27-16-10-14-23(27)17-20(3)25(29)26-21(4)18-22-12-7-6-8-13-22/h6-8,12-13,19-21,23H,5,9-11,14-18H2,1-4H3,(H,26,29)/t19-,20?,21+,23-/m0/s1. The maximum absolute atomic E-state index is 12.7. The molecule has 29 heavy (non-hydrogen) atoms. The lowest BCUT2D eigenvalue weighted by molar-refractivity contribution is -0.133. The number of rotatable bonds is 11. The minimum Gasteiger partial charge on any atom is -0.353 e. The van der Waals surface area contributed by atoms with Gasteiger partial charge >= 0.3 is 0 Å². The Kier molecular flexibility index (Phi) is 9.69. The van der Waals surface area contributed by atoms with Crippen molar-refractivity contribution in [3.05, 3.63) is 35.9 Å². The van der Waals surface area contributed by atoms with Crippen molar-refractivity contribution in [1.29, 1.82) is 0 Å². The van der Waals surface area contributed by atoms with Gasteiger partial charge in [0.25, 0.3) is 0 Å². The lowest BCUT2D eigenvalue weighted by Crippen LogP contribution is -2.41. The van der Waals surface area contributed by atoms with Gasteiger partial charge in [-0.05, 0) is 50.5 Å². The number of carbonyl (C=O) groups is 2. The Morgan fingerprint density at radius 1 is 1.17 bits per heavy atom. The smallest absolute Gasteiger partial charge is 0.223 e. The molecule has 0 aliphatic carbocycles. The molecule has 1 N–H and O–H groups in total. The van der Waals surface area contributed by atoms with Gasteiger partial charge in [-0.1, -0.05) is 63.9 Å². The van der Waals surface area contributed by atoms with Crippen LogP contribution in [0.25, 0.3) is 0 Å². The molecule has 4 heteroatoms. The van der Waals surface area contributed by atoms with Crippen molar-refractivity contribution in [1.82, 2.24) is 10.2 Å². The summed E-state index contributed by atoms with van der Waals surface area (Å²) in [6.45, 7) is 9.36. The Labute approximate surface area is 177 Å². The monoisotopic (exact) mass is 400 g/mol. The van der Waals surface area contributed by atoms with Crippen LogP contribution in [-0.2, 0) is 16.0 Å². The van der Waals surface area contributed by atoms with E-state index >= 15 is 0 Å². The van der Waals surface area contributed by atoms with E-state index in [9.17, 15) is 9.59 Å². The van der Waals surface area contributed by atoms with Gasteiger partial charge < -0.3 is 10.2 Å². The van der Waals surface area contributed by atoms with Gasteiger partial charge in [-0.15, -0.1) is 0 Å². The first-order chi connectivity index (χ1) is 13.9. The second-order valence-corrected chi connectivity index (χ2v) is 9.02. The first-order valence-electron chi connectivity index (χ1n) is 11.5. The molecule has 0 radical (unpaired) electrons. The van der Waals surface area contributed by atoms with Crippen LogP contribution in [0.1, 0.15) is 78.2 Å². The number of nitrogens with zero attached hydrogens (tertiary/aromatic N) is 1. The van der Waals surface area contributed by atoms with E-state index in [0.29, 0.717) is 12.3 Å². The highest BCUT2D eigenvalue weighted by Gasteiger charge is 2.31. The number of carbonyl (C=O) groups excluding carboxylic acids is 2. The van der Waals surface area contributed by atoms with Gasteiger partial charge in [0.15, 0.2) is 0 Å². The molecule has 1 aliphatic rings. The summed E-state index contributed by atoms with van der Waals surface area (Å²) >= 11 is 0. The van der Waals surface area contributed by atoms with Crippen LogP contribution >= 0.6 is 0 Å². The number of benzene rings is 1. The zero-order valence-corrected chi connectivity index (χ0v) is 18.8. The van der Waals surface area contributed by atoms with Crippen LogP contribution in [0.15, 0.2) is 30.3 Å². The molecule has 1 fully saturated rings. The molecule has 0 spiro atoms. The second-order valence-electron chi connectivity index (χ2n) is 9.02. The van der Waals surface area contributed by atoms with Gasteiger partial charge in [0.05, 0.1) is 0 Å². The number of likely N-dealkylation sites (tertiary alicyclic amines) is 1. The van der Waals surface area contributed by atoms with E-state index in [1.807, 2.05) is 30.0 Å². The van der Waals surface area contributed by atoms with Crippen LogP contribution in [0.5, 0.6) is 0 Å². The quantitative estimate of drug-likeness (QED) is 0.570. The van der Waals surface area contributed by atoms with E-state index in [1.54, 1.807) is 0 Å². The van der Waals surface area contributed by atoms with E-state index in [1.165, 1.54) is 12.0 Å². The van der Waals surface area contributed by atoms with E-state index in [2.05, 4.69) is 38.2 Å². The molecule has 4 nitrogen and oxygen atoms in total. The van der Waals surface area contributed by atoms with Gasteiger partial charge in [0.1, 0.15) is 0 Å². The second kappa shape index (κ2) is 12.0. The first-order valence-corrected chi connectivity index (χ1v) is 11.5. The minimum absolute atomic E-state index is 0.0771. The molecule has 1 aromatic rings. The van der Waals surface area contributed by atoms with Crippen molar-refractivity contribution < 1.29 is 9.59 Å². The first kappa shape index (κ1) is 23.4. The van der Waals surface area contributed by atoms with Gasteiger partial charge in [0, 0.05) is 31.0 Å². The summed E-state index contributed by atoms with van der Waals surface area (Å²) in [4.78, 5) is 27.4. The summed E-state index contributed by atoms with van der Waals surface area (Å²) in [6, 6.07) is 10.6. The van der Waals surface area contributed by atoms with Crippen LogP contribution in [0.4, 0.5) is 0 Å². The van der Waals surface area contributed by atoms with Gasteiger partial charge in [0.2, 0.25) is 11.8 Å². The summed E-state index contributed by atoms with van der Waals surface area (Å²) in [5, 5.41) is 3.16. The summed E-state index contributed by atoms with van der Waals surface area (Å²) in [5.41, 5.74) is 1.23. The highest BCUT2D eigenvalue weighted by Crippen LogP contribution is 2.25. The highest BCUT2D eigenvalue weighted by atomic mass is 16.2. The molecular formula is C25H40N2O2. The van der Waals surface area contributed by atoms with Crippen molar-refractivity contribution in [2.45, 2.75) is 91.1 Å². The molecule has 1 unspecified atom stereocenters. The third-order valence-corrected chi connectivity index (χ3v) is 6.33. The number of hydrogen-bond acceptors (Lipinski definition) is 2. The predicted molar refractivity (Wildman–Crippen MR) is 120 cm³/mol. The average molecular weight is 401 g/mol. The molecule has 2 rings (SSSR count). The molecule has 0 saturated carbocycles. The fourth-order valence-corrected chi connectivity index (χ4v) is 4.28. The Bertz CT molecular complexity index is 631. The van der Waals surface area contributed by atoms with Crippen LogP contribution in [-0.4, -0.2) is 35.3 Å². The summed E-state index contributed by atoms with van der Waals surface area (Å²) in [6.07, 6.45) is 7.60. The average Bonchev–Trinajstić information content (AvgIpc) is 3.16. The van der Waals surface area contributed by atoms with Crippen LogP contribution in [0.3, 0.4) is 0 Å². The number of hydrogen-bond donors (Lipinski definition) is 1. The minimum atomic E-state index is -0.0771. The van der Waals surface area contributed by atoms with Gasteiger partial charge in [-0.3, -0.25) is 9.59 Å². The Hall–Kier alpha value is -1.84. The lowest BCUT2D eigenvalue weighted by Gasteiger charge is -2.27. The third kappa shape index (κ3) is 7.83. The zero-order chi connectivity index (χ0) is 21.2. The summed E-state index contributed by atoms with van der Waals surface area (Å²) < 4.78 is 0. The maximum Gasteiger partial charge on any atom is 0.223 e. The van der Waals surface area contributed by atoms with Gasteiger partial charge in [-0.2, -0.15) is 0 Å². The van der Waals surface area contributed by atoms with E-state index in [-0.39, 0.29) is 29.8 Å². The summed E-state index contributed by atoms with van der Waals surface area (Å²) in [7, 11) is 0. The Morgan fingerprint density at radius 3 is 2.59 bits per heavy atom. The summed E-state index contributed by atoms with van der Waals surface area (Å²) in [5.74, 6) is 0.996. The molecule has 1 heterocycles. The Morgan fingerprint density at radius 2 is 1.90 bits per heavy atom. The SMILES string of the molecule is CC[C@H](C)CCCC(=O)N1CCC[C@H]1CC(C)C(=O)N[C@H](C)Cc1ccccc1. The fourth-order valence-electron chi connectivity index (χ4n) is 4.28. The number of nitrogens with one attached hydrogen (secondary N) is 1. The van der Waals surface area contributed by atoms with Gasteiger partial charge in [-0.25, -0.2) is 0 Å². The van der Waals surface area contributed by atoms with Crippen molar-refractivity contribution in [2.24, 2.45) is 11.8 Å². The van der Waals surface area contributed by atoms with Crippen LogP contribution in [0, 0.1) is 11.8 Å². The largest absolute Gasteiger partial charge is 0.353 e. The Balaban J connectivity index is 1.77. The molecule has 1 aromatic carbocycles. The molecular weight excluding hydrogens is 360 g/mol.